The predicted molar refractivity (Wildman–Crippen MR) is 89.9 cm³/mol. The molecular formula is C17H26N4O2. The summed E-state index contributed by atoms with van der Waals surface area (Å²) in [5.74, 6) is 0.118. The largest absolute Gasteiger partial charge is 0.355 e. The van der Waals surface area contributed by atoms with Crippen LogP contribution in [0.3, 0.4) is 0 Å². The zero-order valence-corrected chi connectivity index (χ0v) is 13.8. The van der Waals surface area contributed by atoms with Crippen LogP contribution in [0.15, 0.2) is 30.3 Å². The van der Waals surface area contributed by atoms with Crippen LogP contribution in [0.25, 0.3) is 0 Å². The highest BCUT2D eigenvalue weighted by molar-refractivity contribution is 5.78. The van der Waals surface area contributed by atoms with Crippen molar-refractivity contribution in [1.82, 2.24) is 20.4 Å². The van der Waals surface area contributed by atoms with E-state index < -0.39 is 0 Å². The summed E-state index contributed by atoms with van der Waals surface area (Å²) in [6, 6.07) is 9.90. The van der Waals surface area contributed by atoms with Crippen molar-refractivity contribution in [2.75, 3.05) is 45.8 Å². The second-order valence-electron chi connectivity index (χ2n) is 5.77. The Labute approximate surface area is 137 Å². The Morgan fingerprint density at radius 3 is 1.96 bits per heavy atom. The fourth-order valence-electron chi connectivity index (χ4n) is 2.62. The zero-order valence-electron chi connectivity index (χ0n) is 13.8. The average Bonchev–Trinajstić information content (AvgIpc) is 2.56. The first-order valence-corrected chi connectivity index (χ1v) is 8.19. The molecule has 2 rings (SSSR count). The lowest BCUT2D eigenvalue weighted by molar-refractivity contribution is -0.125. The lowest BCUT2D eigenvalue weighted by Crippen LogP contribution is -2.51. The van der Waals surface area contributed by atoms with E-state index in [1.807, 2.05) is 37.3 Å². The minimum atomic E-state index is 0.0472. The van der Waals surface area contributed by atoms with E-state index in [1.54, 1.807) is 0 Å². The number of benzene rings is 1. The normalized spacial score (nSPS) is 16.0. The fourth-order valence-corrected chi connectivity index (χ4v) is 2.62. The molecule has 2 N–H and O–H groups in total. The Kier molecular flexibility index (Phi) is 7.03. The van der Waals surface area contributed by atoms with Crippen molar-refractivity contribution in [2.24, 2.45) is 0 Å². The van der Waals surface area contributed by atoms with E-state index in [9.17, 15) is 9.59 Å². The predicted octanol–water partition coefficient (Wildman–Crippen LogP) is 0.0565. The van der Waals surface area contributed by atoms with Gasteiger partial charge in [-0.1, -0.05) is 30.3 Å². The summed E-state index contributed by atoms with van der Waals surface area (Å²) >= 11 is 0. The van der Waals surface area contributed by atoms with Gasteiger partial charge in [-0.2, -0.15) is 0 Å². The van der Waals surface area contributed by atoms with Gasteiger partial charge in [0.15, 0.2) is 0 Å². The number of likely N-dealkylation sites (N-methyl/N-ethyl adjacent to an activating group) is 1. The smallest absolute Gasteiger partial charge is 0.234 e. The Hall–Kier alpha value is -1.92. The molecule has 0 radical (unpaired) electrons. The standard InChI is InChI=1S/C17H26N4O2/c1-2-18-16(22)13-20-8-10-21(11-9-20)14-17(23)19-12-15-6-4-3-5-7-15/h3-7H,2,8-14H2,1H3,(H,18,22)(H,19,23). The molecule has 1 fully saturated rings. The van der Waals surface area contributed by atoms with E-state index in [0.717, 1.165) is 31.7 Å². The maximum absolute atomic E-state index is 12.0. The van der Waals surface area contributed by atoms with Gasteiger partial charge in [0.2, 0.25) is 11.8 Å². The Morgan fingerprint density at radius 1 is 0.913 bits per heavy atom. The lowest BCUT2D eigenvalue weighted by Gasteiger charge is -2.33. The lowest BCUT2D eigenvalue weighted by atomic mass is 10.2. The van der Waals surface area contributed by atoms with E-state index in [4.69, 9.17) is 0 Å². The molecular weight excluding hydrogens is 292 g/mol. The van der Waals surface area contributed by atoms with Crippen molar-refractivity contribution < 1.29 is 9.59 Å². The zero-order chi connectivity index (χ0) is 16.5. The third kappa shape index (κ3) is 6.38. The van der Waals surface area contributed by atoms with Crippen LogP contribution in [0.2, 0.25) is 0 Å². The van der Waals surface area contributed by atoms with Gasteiger partial charge in [-0.3, -0.25) is 19.4 Å². The van der Waals surface area contributed by atoms with Crippen LogP contribution in [0, 0.1) is 0 Å². The highest BCUT2D eigenvalue weighted by atomic mass is 16.2. The van der Waals surface area contributed by atoms with Crippen LogP contribution in [0.4, 0.5) is 0 Å². The van der Waals surface area contributed by atoms with Crippen LogP contribution in [-0.4, -0.2) is 67.4 Å². The maximum Gasteiger partial charge on any atom is 0.234 e. The van der Waals surface area contributed by atoms with E-state index in [-0.39, 0.29) is 11.8 Å². The molecule has 0 spiro atoms. The number of carbonyl (C=O) groups is 2. The highest BCUT2D eigenvalue weighted by Gasteiger charge is 2.20. The number of piperazine rings is 1. The summed E-state index contributed by atoms with van der Waals surface area (Å²) in [5.41, 5.74) is 1.10. The van der Waals surface area contributed by atoms with Crippen LogP contribution < -0.4 is 10.6 Å². The molecule has 1 aromatic carbocycles. The number of nitrogens with one attached hydrogen (secondary N) is 2. The molecule has 0 saturated carbocycles. The van der Waals surface area contributed by atoms with Crippen molar-refractivity contribution in [3.63, 3.8) is 0 Å². The first-order chi connectivity index (χ1) is 11.2. The monoisotopic (exact) mass is 318 g/mol. The molecule has 0 bridgehead atoms. The van der Waals surface area contributed by atoms with Gasteiger partial charge in [0, 0.05) is 39.3 Å². The van der Waals surface area contributed by atoms with Crippen LogP contribution in [-0.2, 0) is 16.1 Å². The van der Waals surface area contributed by atoms with Crippen LogP contribution >= 0.6 is 0 Å². The molecule has 126 valence electrons. The van der Waals surface area contributed by atoms with E-state index in [2.05, 4.69) is 20.4 Å². The molecule has 1 aliphatic heterocycles. The number of hydrogen-bond donors (Lipinski definition) is 2. The molecule has 23 heavy (non-hydrogen) atoms. The summed E-state index contributed by atoms with van der Waals surface area (Å²) in [4.78, 5) is 27.8. The highest BCUT2D eigenvalue weighted by Crippen LogP contribution is 2.02. The van der Waals surface area contributed by atoms with Gasteiger partial charge in [0.1, 0.15) is 0 Å². The summed E-state index contributed by atoms with van der Waals surface area (Å²) < 4.78 is 0. The topological polar surface area (TPSA) is 64.7 Å². The number of rotatable bonds is 7. The van der Waals surface area contributed by atoms with Crippen molar-refractivity contribution in [3.8, 4) is 0 Å². The number of amides is 2. The molecule has 0 aromatic heterocycles. The van der Waals surface area contributed by atoms with Gasteiger partial charge in [-0.05, 0) is 12.5 Å². The van der Waals surface area contributed by atoms with Gasteiger partial charge < -0.3 is 10.6 Å². The number of hydrogen-bond acceptors (Lipinski definition) is 4. The number of carbonyl (C=O) groups excluding carboxylic acids is 2. The minimum absolute atomic E-state index is 0.0472. The van der Waals surface area contributed by atoms with Gasteiger partial charge >= 0.3 is 0 Å². The van der Waals surface area contributed by atoms with Gasteiger partial charge in [0.05, 0.1) is 13.1 Å². The Morgan fingerprint density at radius 2 is 1.43 bits per heavy atom. The van der Waals surface area contributed by atoms with Crippen LogP contribution in [0.5, 0.6) is 0 Å². The Balaban J connectivity index is 1.63. The van der Waals surface area contributed by atoms with Crippen molar-refractivity contribution in [3.05, 3.63) is 35.9 Å². The molecule has 1 aliphatic rings. The molecule has 1 saturated heterocycles. The first kappa shape index (κ1) is 17.4. The summed E-state index contributed by atoms with van der Waals surface area (Å²) in [6.45, 7) is 7.30. The molecule has 6 heteroatoms. The average molecular weight is 318 g/mol. The Bertz CT molecular complexity index is 499. The molecule has 1 heterocycles. The quantitative estimate of drug-likeness (QED) is 0.746. The maximum atomic E-state index is 12.0. The van der Waals surface area contributed by atoms with Crippen molar-refractivity contribution >= 4 is 11.8 Å². The van der Waals surface area contributed by atoms with Crippen molar-refractivity contribution in [2.45, 2.75) is 13.5 Å². The van der Waals surface area contributed by atoms with E-state index in [1.165, 1.54) is 0 Å². The summed E-state index contributed by atoms with van der Waals surface area (Å²) in [6.07, 6.45) is 0. The first-order valence-electron chi connectivity index (χ1n) is 8.19. The van der Waals surface area contributed by atoms with Gasteiger partial charge in [-0.15, -0.1) is 0 Å². The van der Waals surface area contributed by atoms with E-state index in [0.29, 0.717) is 26.2 Å². The second-order valence-corrected chi connectivity index (χ2v) is 5.77. The summed E-state index contributed by atoms with van der Waals surface area (Å²) in [7, 11) is 0. The molecule has 2 amide bonds. The fraction of sp³-hybridized carbons (Fsp3) is 0.529. The minimum Gasteiger partial charge on any atom is -0.355 e. The molecule has 0 aliphatic carbocycles. The summed E-state index contributed by atoms with van der Waals surface area (Å²) in [5, 5.41) is 5.76. The van der Waals surface area contributed by atoms with E-state index >= 15 is 0 Å². The third-order valence-electron chi connectivity index (χ3n) is 3.91. The van der Waals surface area contributed by atoms with Crippen LogP contribution in [0.1, 0.15) is 12.5 Å². The molecule has 1 aromatic rings. The third-order valence-corrected chi connectivity index (χ3v) is 3.91. The molecule has 0 atom stereocenters. The van der Waals surface area contributed by atoms with Gasteiger partial charge in [-0.25, -0.2) is 0 Å². The second kappa shape index (κ2) is 9.27. The van der Waals surface area contributed by atoms with Gasteiger partial charge in [0.25, 0.3) is 0 Å². The number of nitrogens with zero attached hydrogens (tertiary/aromatic N) is 2. The molecule has 0 unspecified atom stereocenters. The van der Waals surface area contributed by atoms with Crippen molar-refractivity contribution in [1.29, 1.82) is 0 Å². The SMILES string of the molecule is CCNC(=O)CN1CCN(CC(=O)NCc2ccccc2)CC1. The molecule has 6 nitrogen and oxygen atoms in total.